The molecule has 0 atom stereocenters. The fourth-order valence-electron chi connectivity index (χ4n) is 6.02. The van der Waals surface area contributed by atoms with Crippen LogP contribution in [-0.2, 0) is 16.1 Å². The molecule has 3 fully saturated rings. The molecule has 5 heterocycles. The van der Waals surface area contributed by atoms with Gasteiger partial charge in [0.15, 0.2) is 5.67 Å². The van der Waals surface area contributed by atoms with Crippen molar-refractivity contribution in [2.24, 2.45) is 0 Å². The van der Waals surface area contributed by atoms with Crippen LogP contribution in [0.4, 0.5) is 14.7 Å². The smallest absolute Gasteiger partial charge is 0.297 e. The number of alkyl halides is 1. The third kappa shape index (κ3) is 5.60. The number of piperidine rings is 2. The molecule has 1 aromatic carbocycles. The van der Waals surface area contributed by atoms with Gasteiger partial charge in [-0.05, 0) is 25.0 Å². The highest BCUT2D eigenvalue weighted by Crippen LogP contribution is 2.36. The van der Waals surface area contributed by atoms with Gasteiger partial charge < -0.3 is 20.1 Å². The Labute approximate surface area is 231 Å². The van der Waals surface area contributed by atoms with E-state index in [9.17, 15) is 9.18 Å². The lowest BCUT2D eigenvalue weighted by Crippen LogP contribution is -2.53. The minimum Gasteiger partial charge on any atom is -0.461 e. The first kappa shape index (κ1) is 26.8. The highest BCUT2D eigenvalue weighted by molar-refractivity contribution is 5.85. The number of hydrogen-bond donors (Lipinski definition) is 1. The third-order valence-electron chi connectivity index (χ3n) is 8.34. The maximum absolute atomic E-state index is 15.9. The Bertz CT molecular complexity index is 1330. The summed E-state index contributed by atoms with van der Waals surface area (Å²) in [4.78, 5) is 29.8. The predicted molar refractivity (Wildman–Crippen MR) is 144 cm³/mol. The van der Waals surface area contributed by atoms with E-state index in [1.165, 1.54) is 12.1 Å². The third-order valence-corrected chi connectivity index (χ3v) is 8.34. The van der Waals surface area contributed by atoms with Crippen LogP contribution in [0.1, 0.15) is 50.1 Å². The van der Waals surface area contributed by atoms with Crippen molar-refractivity contribution in [3.05, 3.63) is 42.0 Å². The number of rotatable bonds is 6. The summed E-state index contributed by atoms with van der Waals surface area (Å²) < 4.78 is 43.7. The van der Waals surface area contributed by atoms with Crippen LogP contribution in [-0.4, -0.2) is 86.4 Å². The Morgan fingerprint density at radius 2 is 1.77 bits per heavy atom. The molecule has 2 N–H and O–H groups in total. The van der Waals surface area contributed by atoms with Gasteiger partial charge in [-0.25, -0.2) is 18.7 Å². The Hall–Kier alpha value is -3.38. The van der Waals surface area contributed by atoms with Crippen molar-refractivity contribution in [3.8, 4) is 6.01 Å². The topological polar surface area (TPSA) is 112 Å². The molecular formula is C28H35F2N7O3. The number of nitrogens with zero attached hydrogens (tertiary/aromatic N) is 6. The molecule has 0 aliphatic carbocycles. The number of carbonyl (C=O) groups is 1. The number of anilines is 1. The summed E-state index contributed by atoms with van der Waals surface area (Å²) in [6, 6.07) is 5.05. The first-order chi connectivity index (χ1) is 19.4. The first-order valence-corrected chi connectivity index (χ1v) is 14.1. The number of ether oxygens (including phenoxy) is 2. The number of halogens is 2. The Balaban J connectivity index is 1.09. The van der Waals surface area contributed by atoms with Crippen LogP contribution in [0.5, 0.6) is 6.01 Å². The maximum Gasteiger partial charge on any atom is 0.297 e. The fourth-order valence-corrected chi connectivity index (χ4v) is 6.02. The van der Waals surface area contributed by atoms with Gasteiger partial charge in [0.1, 0.15) is 11.9 Å². The average Bonchev–Trinajstić information content (AvgIpc) is 3.32. The van der Waals surface area contributed by atoms with Gasteiger partial charge in [0.25, 0.3) is 11.9 Å². The summed E-state index contributed by atoms with van der Waals surface area (Å²) in [5.74, 6) is -0.549. The normalized spacial score (nSPS) is 21.1. The molecule has 0 radical (unpaired) electrons. The van der Waals surface area contributed by atoms with E-state index >= 15 is 4.39 Å². The molecule has 0 saturated carbocycles. The lowest BCUT2D eigenvalue weighted by atomic mass is 9.90. The van der Waals surface area contributed by atoms with E-state index in [0.717, 1.165) is 23.9 Å². The van der Waals surface area contributed by atoms with E-state index in [4.69, 9.17) is 15.2 Å². The highest BCUT2D eigenvalue weighted by atomic mass is 19.1. The van der Waals surface area contributed by atoms with Crippen LogP contribution in [0.2, 0.25) is 0 Å². The molecule has 40 heavy (non-hydrogen) atoms. The predicted octanol–water partition coefficient (Wildman–Crippen LogP) is 3.27. The van der Waals surface area contributed by atoms with E-state index in [2.05, 4.69) is 19.9 Å². The van der Waals surface area contributed by atoms with E-state index in [0.29, 0.717) is 70.3 Å². The molecule has 6 rings (SSSR count). The number of benzene rings is 1. The summed E-state index contributed by atoms with van der Waals surface area (Å²) >= 11 is 0. The molecule has 1 amide bonds. The standard InChI is InChI=1S/C28H35F2N7O3/c29-20-1-2-24-23(15-20)34-27(40-22-5-13-39-14-6-22)37(24)21-3-9-36(10-4-21)25(38)28(30)7-11-35(12-8-28)18-19-16-32-26(31)33-17-19/h1-2,15-17,21-22H,3-14,18H2,(H2,31,32,33). The van der Waals surface area contributed by atoms with Gasteiger partial charge in [0, 0.05) is 88.5 Å². The minimum absolute atomic E-state index is 0.00823. The quantitative estimate of drug-likeness (QED) is 0.494. The fraction of sp³-hybridized carbons (Fsp3) is 0.571. The van der Waals surface area contributed by atoms with Crippen molar-refractivity contribution in [2.75, 3.05) is 45.1 Å². The molecule has 3 aliphatic rings. The van der Waals surface area contributed by atoms with Crippen molar-refractivity contribution < 1.29 is 23.0 Å². The van der Waals surface area contributed by atoms with Crippen molar-refractivity contribution in [3.63, 3.8) is 0 Å². The summed E-state index contributed by atoms with van der Waals surface area (Å²) in [5, 5.41) is 0. The number of amides is 1. The Morgan fingerprint density at radius 3 is 2.48 bits per heavy atom. The second-order valence-electron chi connectivity index (χ2n) is 11.0. The zero-order valence-corrected chi connectivity index (χ0v) is 22.5. The number of imidazole rings is 1. The molecule has 214 valence electrons. The molecule has 3 aromatic rings. The monoisotopic (exact) mass is 555 g/mol. The number of carbonyl (C=O) groups excluding carboxylic acids is 1. The number of nitrogens with two attached hydrogens (primary N) is 1. The second-order valence-corrected chi connectivity index (χ2v) is 11.0. The molecule has 0 bridgehead atoms. The molecule has 2 aromatic heterocycles. The molecule has 0 spiro atoms. The summed E-state index contributed by atoms with van der Waals surface area (Å²) in [5.41, 5.74) is 5.94. The van der Waals surface area contributed by atoms with Gasteiger partial charge in [-0.15, -0.1) is 0 Å². The van der Waals surface area contributed by atoms with Crippen LogP contribution < -0.4 is 10.5 Å². The SMILES string of the molecule is Nc1ncc(CN2CCC(F)(C(=O)N3CCC(n4c(OC5CCOCC5)nc5cc(F)ccc54)CC3)CC2)cn1. The minimum atomic E-state index is -1.86. The van der Waals surface area contributed by atoms with Gasteiger partial charge in [-0.3, -0.25) is 14.3 Å². The lowest BCUT2D eigenvalue weighted by Gasteiger charge is -2.40. The van der Waals surface area contributed by atoms with Crippen LogP contribution in [0.15, 0.2) is 30.6 Å². The largest absolute Gasteiger partial charge is 0.461 e. The lowest BCUT2D eigenvalue weighted by molar-refractivity contribution is -0.148. The van der Waals surface area contributed by atoms with Crippen molar-refractivity contribution in [1.82, 2.24) is 29.3 Å². The Morgan fingerprint density at radius 1 is 1.07 bits per heavy atom. The zero-order chi connectivity index (χ0) is 27.7. The van der Waals surface area contributed by atoms with Gasteiger partial charge >= 0.3 is 0 Å². The number of hydrogen-bond acceptors (Lipinski definition) is 8. The summed E-state index contributed by atoms with van der Waals surface area (Å²) in [7, 11) is 0. The van der Waals surface area contributed by atoms with Crippen molar-refractivity contribution >= 4 is 22.9 Å². The van der Waals surface area contributed by atoms with E-state index in [-0.39, 0.29) is 36.8 Å². The van der Waals surface area contributed by atoms with Gasteiger partial charge in [-0.2, -0.15) is 4.98 Å². The molecule has 3 saturated heterocycles. The average molecular weight is 556 g/mol. The van der Waals surface area contributed by atoms with Gasteiger partial charge in [0.2, 0.25) is 5.95 Å². The summed E-state index contributed by atoms with van der Waals surface area (Å²) in [6.07, 6.45) is 6.47. The molecule has 3 aliphatic heterocycles. The van der Waals surface area contributed by atoms with Crippen molar-refractivity contribution in [1.29, 1.82) is 0 Å². The number of nitrogen functional groups attached to an aromatic ring is 1. The van der Waals surface area contributed by atoms with E-state index in [1.54, 1.807) is 23.4 Å². The van der Waals surface area contributed by atoms with Gasteiger partial charge in [-0.1, -0.05) is 0 Å². The maximum atomic E-state index is 15.9. The molecular weight excluding hydrogens is 520 g/mol. The first-order valence-electron chi connectivity index (χ1n) is 14.1. The zero-order valence-electron chi connectivity index (χ0n) is 22.5. The molecule has 0 unspecified atom stereocenters. The van der Waals surface area contributed by atoms with Crippen LogP contribution in [0.3, 0.4) is 0 Å². The number of likely N-dealkylation sites (tertiary alicyclic amines) is 2. The summed E-state index contributed by atoms with van der Waals surface area (Å²) in [6.45, 7) is 3.72. The number of aromatic nitrogens is 4. The van der Waals surface area contributed by atoms with Crippen LogP contribution in [0, 0.1) is 5.82 Å². The molecule has 12 heteroatoms. The molecule has 10 nitrogen and oxygen atoms in total. The van der Waals surface area contributed by atoms with E-state index < -0.39 is 11.6 Å². The highest BCUT2D eigenvalue weighted by Gasteiger charge is 2.45. The van der Waals surface area contributed by atoms with Gasteiger partial charge in [0.05, 0.1) is 24.2 Å². The van der Waals surface area contributed by atoms with E-state index in [1.807, 2.05) is 4.57 Å². The van der Waals surface area contributed by atoms with Crippen LogP contribution in [0.25, 0.3) is 11.0 Å². The Kier molecular flexibility index (Phi) is 7.54. The number of fused-ring (bicyclic) bond motifs is 1. The van der Waals surface area contributed by atoms with Crippen LogP contribution >= 0.6 is 0 Å². The van der Waals surface area contributed by atoms with Crippen molar-refractivity contribution in [2.45, 2.75) is 62.9 Å². The second kappa shape index (κ2) is 11.2.